The number of nitrogens with one attached hydrogen (secondary N) is 2. The summed E-state index contributed by atoms with van der Waals surface area (Å²) in [7, 11) is 1.63. The Morgan fingerprint density at radius 2 is 1.88 bits per heavy atom. The average Bonchev–Trinajstić information content (AvgIpc) is 3.06. The number of nitrogens with zero attached hydrogens (tertiary/aromatic N) is 3. The smallest absolute Gasteiger partial charge is 0.188 e. The summed E-state index contributed by atoms with van der Waals surface area (Å²) < 4.78 is 5.23. The number of aromatic nitrogens is 4. The number of nitrogen functional groups attached to an aromatic ring is 1. The van der Waals surface area contributed by atoms with Crippen LogP contribution in [-0.2, 0) is 0 Å². The van der Waals surface area contributed by atoms with Crippen LogP contribution in [0.3, 0.4) is 0 Å². The highest BCUT2D eigenvalue weighted by Crippen LogP contribution is 2.29. The van der Waals surface area contributed by atoms with E-state index in [1.807, 2.05) is 54.6 Å². The average molecular weight is 332 g/mol. The summed E-state index contributed by atoms with van der Waals surface area (Å²) in [5.74, 6) is 2.30. The van der Waals surface area contributed by atoms with Crippen LogP contribution in [-0.4, -0.2) is 27.3 Å². The zero-order valence-electron chi connectivity index (χ0n) is 13.5. The fourth-order valence-corrected chi connectivity index (χ4v) is 2.60. The molecule has 25 heavy (non-hydrogen) atoms. The highest BCUT2D eigenvalue weighted by atomic mass is 16.5. The maximum Gasteiger partial charge on any atom is 0.188 e. The summed E-state index contributed by atoms with van der Waals surface area (Å²) >= 11 is 0. The summed E-state index contributed by atoms with van der Waals surface area (Å²) in [5.41, 5.74) is 8.42. The number of benzene rings is 2. The first kappa shape index (κ1) is 14.9. The molecular formula is C18H16N6O. The summed E-state index contributed by atoms with van der Waals surface area (Å²) in [6.07, 6.45) is 0. The first-order valence-corrected chi connectivity index (χ1v) is 7.72. The standard InChI is InChI=1S/C18H16N6O/c1-25-13-9-5-8-12(10-13)20-17-14-15(19)21-16(22-18(14)24-23-17)11-6-3-2-4-7-11/h2-10H,1H3,(H4,19,20,21,22,23,24). The third-order valence-corrected chi connectivity index (χ3v) is 3.81. The number of H-pyrrole nitrogens is 1. The van der Waals surface area contributed by atoms with E-state index in [0.717, 1.165) is 17.0 Å². The first-order valence-electron chi connectivity index (χ1n) is 7.72. The summed E-state index contributed by atoms with van der Waals surface area (Å²) in [5, 5.41) is 11.1. The van der Waals surface area contributed by atoms with Crippen LogP contribution in [0, 0.1) is 0 Å². The Hall–Kier alpha value is -3.61. The summed E-state index contributed by atoms with van der Waals surface area (Å²) in [6.45, 7) is 0. The van der Waals surface area contributed by atoms with Crippen molar-refractivity contribution in [2.45, 2.75) is 0 Å². The van der Waals surface area contributed by atoms with E-state index in [4.69, 9.17) is 10.5 Å². The molecule has 124 valence electrons. The summed E-state index contributed by atoms with van der Waals surface area (Å²) in [4.78, 5) is 8.93. The van der Waals surface area contributed by atoms with Gasteiger partial charge in [0, 0.05) is 17.3 Å². The number of anilines is 3. The minimum Gasteiger partial charge on any atom is -0.497 e. The lowest BCUT2D eigenvalue weighted by Gasteiger charge is -2.07. The molecule has 0 fully saturated rings. The number of aromatic amines is 1. The molecule has 0 amide bonds. The number of rotatable bonds is 4. The van der Waals surface area contributed by atoms with Crippen molar-refractivity contribution in [2.75, 3.05) is 18.2 Å². The molecule has 4 N–H and O–H groups in total. The Bertz CT molecular complexity index is 1030. The van der Waals surface area contributed by atoms with Gasteiger partial charge in [-0.3, -0.25) is 5.10 Å². The molecule has 0 saturated carbocycles. The van der Waals surface area contributed by atoms with E-state index in [1.54, 1.807) is 7.11 Å². The number of hydrogen-bond donors (Lipinski definition) is 3. The van der Waals surface area contributed by atoms with Gasteiger partial charge in [-0.25, -0.2) is 9.97 Å². The van der Waals surface area contributed by atoms with E-state index in [2.05, 4.69) is 25.5 Å². The quantitative estimate of drug-likeness (QED) is 0.530. The van der Waals surface area contributed by atoms with Crippen molar-refractivity contribution in [1.29, 1.82) is 0 Å². The van der Waals surface area contributed by atoms with Crippen molar-refractivity contribution in [3.8, 4) is 17.1 Å². The van der Waals surface area contributed by atoms with Gasteiger partial charge in [0.15, 0.2) is 11.5 Å². The van der Waals surface area contributed by atoms with Crippen LogP contribution in [0.25, 0.3) is 22.4 Å². The van der Waals surface area contributed by atoms with Gasteiger partial charge in [0.25, 0.3) is 0 Å². The van der Waals surface area contributed by atoms with E-state index < -0.39 is 0 Å². The fraction of sp³-hybridized carbons (Fsp3) is 0.0556. The minimum atomic E-state index is 0.364. The Balaban J connectivity index is 1.74. The normalized spacial score (nSPS) is 10.8. The topological polar surface area (TPSA) is 102 Å². The third kappa shape index (κ3) is 2.83. The molecule has 0 aliphatic rings. The minimum absolute atomic E-state index is 0.364. The second-order valence-corrected chi connectivity index (χ2v) is 5.45. The van der Waals surface area contributed by atoms with E-state index in [1.165, 1.54) is 0 Å². The van der Waals surface area contributed by atoms with Crippen LogP contribution in [0.2, 0.25) is 0 Å². The molecule has 0 aliphatic heterocycles. The van der Waals surface area contributed by atoms with E-state index >= 15 is 0 Å². The number of hydrogen-bond acceptors (Lipinski definition) is 6. The number of ether oxygens (including phenoxy) is 1. The molecule has 4 rings (SSSR count). The second-order valence-electron chi connectivity index (χ2n) is 5.45. The van der Waals surface area contributed by atoms with Crippen LogP contribution >= 0.6 is 0 Å². The van der Waals surface area contributed by atoms with Crippen molar-refractivity contribution < 1.29 is 4.74 Å². The second kappa shape index (κ2) is 6.12. The van der Waals surface area contributed by atoms with Gasteiger partial charge in [-0.05, 0) is 12.1 Å². The number of nitrogens with two attached hydrogens (primary N) is 1. The molecule has 0 saturated heterocycles. The van der Waals surface area contributed by atoms with Gasteiger partial charge in [0.2, 0.25) is 0 Å². The highest BCUT2D eigenvalue weighted by molar-refractivity contribution is 5.97. The molecular weight excluding hydrogens is 316 g/mol. The van der Waals surface area contributed by atoms with Gasteiger partial charge < -0.3 is 15.8 Å². The predicted octanol–water partition coefficient (Wildman–Crippen LogP) is 3.35. The SMILES string of the molecule is COc1cccc(Nc2[nH]nc3nc(-c4ccccc4)nc(N)c23)c1. The van der Waals surface area contributed by atoms with Gasteiger partial charge in [-0.15, -0.1) is 0 Å². The molecule has 4 aromatic rings. The molecule has 0 atom stereocenters. The molecule has 2 aromatic carbocycles. The Labute approximate surface area is 143 Å². The zero-order valence-corrected chi connectivity index (χ0v) is 13.5. The maximum absolute atomic E-state index is 6.17. The molecule has 7 nitrogen and oxygen atoms in total. The molecule has 0 bridgehead atoms. The molecule has 0 aliphatic carbocycles. The molecule has 2 aromatic heterocycles. The molecule has 0 unspecified atom stereocenters. The van der Waals surface area contributed by atoms with Crippen molar-refractivity contribution in [3.63, 3.8) is 0 Å². The van der Waals surface area contributed by atoms with Crippen LogP contribution in [0.4, 0.5) is 17.3 Å². The lowest BCUT2D eigenvalue weighted by atomic mass is 10.2. The van der Waals surface area contributed by atoms with Gasteiger partial charge >= 0.3 is 0 Å². The Morgan fingerprint density at radius 3 is 2.68 bits per heavy atom. The van der Waals surface area contributed by atoms with Crippen molar-refractivity contribution in [1.82, 2.24) is 20.2 Å². The van der Waals surface area contributed by atoms with E-state index in [0.29, 0.717) is 28.5 Å². The first-order chi connectivity index (χ1) is 12.2. The van der Waals surface area contributed by atoms with Crippen molar-refractivity contribution in [3.05, 3.63) is 54.6 Å². The lowest BCUT2D eigenvalue weighted by Crippen LogP contribution is -1.99. The van der Waals surface area contributed by atoms with Gasteiger partial charge in [-0.2, -0.15) is 5.10 Å². The van der Waals surface area contributed by atoms with Crippen LogP contribution < -0.4 is 15.8 Å². The number of fused-ring (bicyclic) bond motifs is 1. The van der Waals surface area contributed by atoms with E-state index in [9.17, 15) is 0 Å². The Kier molecular flexibility index (Phi) is 3.66. The largest absolute Gasteiger partial charge is 0.497 e. The third-order valence-electron chi connectivity index (χ3n) is 3.81. The lowest BCUT2D eigenvalue weighted by molar-refractivity contribution is 0.415. The van der Waals surface area contributed by atoms with Gasteiger partial charge in [0.05, 0.1) is 7.11 Å². The van der Waals surface area contributed by atoms with Gasteiger partial charge in [0.1, 0.15) is 22.8 Å². The van der Waals surface area contributed by atoms with E-state index in [-0.39, 0.29) is 0 Å². The molecule has 0 radical (unpaired) electrons. The molecule has 7 heteroatoms. The highest BCUT2D eigenvalue weighted by Gasteiger charge is 2.14. The monoisotopic (exact) mass is 332 g/mol. The maximum atomic E-state index is 6.17. The van der Waals surface area contributed by atoms with Crippen molar-refractivity contribution >= 4 is 28.4 Å². The van der Waals surface area contributed by atoms with Crippen LogP contribution in [0.5, 0.6) is 5.75 Å². The molecule has 2 heterocycles. The van der Waals surface area contributed by atoms with Crippen molar-refractivity contribution in [2.24, 2.45) is 0 Å². The molecule has 0 spiro atoms. The fourth-order valence-electron chi connectivity index (χ4n) is 2.60. The Morgan fingerprint density at radius 1 is 1.04 bits per heavy atom. The van der Waals surface area contributed by atoms with Crippen LogP contribution in [0.1, 0.15) is 0 Å². The zero-order chi connectivity index (χ0) is 17.2. The predicted molar refractivity (Wildman–Crippen MR) is 97.8 cm³/mol. The van der Waals surface area contributed by atoms with Gasteiger partial charge in [-0.1, -0.05) is 36.4 Å². The van der Waals surface area contributed by atoms with Crippen LogP contribution in [0.15, 0.2) is 54.6 Å². The number of methoxy groups -OCH3 is 1. The summed E-state index contributed by atoms with van der Waals surface area (Å²) in [6, 6.07) is 17.2.